The Morgan fingerprint density at radius 1 is 1.19 bits per heavy atom. The fraction of sp³-hybridized carbons (Fsp3) is 0.409. The van der Waals surface area contributed by atoms with Gasteiger partial charge in [-0.15, -0.1) is 0 Å². The first kappa shape index (κ1) is 18.5. The molecule has 1 heterocycles. The van der Waals surface area contributed by atoms with Gasteiger partial charge in [0.2, 0.25) is 0 Å². The van der Waals surface area contributed by atoms with Crippen molar-refractivity contribution in [2.75, 3.05) is 18.5 Å². The fourth-order valence-electron chi connectivity index (χ4n) is 3.00. The molecule has 138 valence electrons. The third-order valence-electron chi connectivity index (χ3n) is 4.93. The van der Waals surface area contributed by atoms with E-state index in [2.05, 4.69) is 31.3 Å². The smallest absolute Gasteiger partial charge is 0.255 e. The second-order valence-electron chi connectivity index (χ2n) is 6.86. The quantitative estimate of drug-likeness (QED) is 0.761. The van der Waals surface area contributed by atoms with Crippen LogP contribution >= 0.6 is 0 Å². The van der Waals surface area contributed by atoms with Crippen LogP contribution < -0.4 is 10.1 Å². The third-order valence-corrected chi connectivity index (χ3v) is 4.93. The standard InChI is InChI=1S/C22H27NO3/c1-3-16(2)17-6-10-19(11-7-17)23-22(24)18-8-12-20(13-9-18)26-15-21-5-4-14-25-21/h6-13,16,21H,3-5,14-15H2,1-2H3,(H,23,24). The lowest BCUT2D eigenvalue weighted by molar-refractivity contribution is 0.0679. The van der Waals surface area contributed by atoms with Crippen LogP contribution in [0.15, 0.2) is 48.5 Å². The zero-order valence-electron chi connectivity index (χ0n) is 15.5. The van der Waals surface area contributed by atoms with Crippen LogP contribution in [0.5, 0.6) is 5.75 Å². The Morgan fingerprint density at radius 2 is 1.92 bits per heavy atom. The Balaban J connectivity index is 1.54. The molecule has 1 amide bonds. The van der Waals surface area contributed by atoms with Crippen molar-refractivity contribution in [2.24, 2.45) is 0 Å². The molecule has 1 N–H and O–H groups in total. The summed E-state index contributed by atoms with van der Waals surface area (Å²) in [5.74, 6) is 1.17. The maximum atomic E-state index is 12.4. The van der Waals surface area contributed by atoms with Gasteiger partial charge < -0.3 is 14.8 Å². The summed E-state index contributed by atoms with van der Waals surface area (Å²) in [5.41, 5.74) is 2.71. The van der Waals surface area contributed by atoms with E-state index < -0.39 is 0 Å². The molecule has 26 heavy (non-hydrogen) atoms. The van der Waals surface area contributed by atoms with E-state index in [-0.39, 0.29) is 12.0 Å². The van der Waals surface area contributed by atoms with Crippen LogP contribution in [-0.2, 0) is 4.74 Å². The molecule has 4 heteroatoms. The van der Waals surface area contributed by atoms with E-state index in [1.807, 2.05) is 24.3 Å². The Labute approximate surface area is 155 Å². The van der Waals surface area contributed by atoms with E-state index in [4.69, 9.17) is 9.47 Å². The monoisotopic (exact) mass is 353 g/mol. The minimum absolute atomic E-state index is 0.119. The summed E-state index contributed by atoms with van der Waals surface area (Å²) in [6.07, 6.45) is 3.45. The molecule has 0 spiro atoms. The minimum atomic E-state index is -0.119. The van der Waals surface area contributed by atoms with Crippen molar-refractivity contribution in [1.29, 1.82) is 0 Å². The summed E-state index contributed by atoms with van der Waals surface area (Å²) in [6, 6.07) is 15.3. The highest BCUT2D eigenvalue weighted by molar-refractivity contribution is 6.04. The Morgan fingerprint density at radius 3 is 2.54 bits per heavy atom. The molecule has 2 unspecified atom stereocenters. The van der Waals surface area contributed by atoms with E-state index in [1.165, 1.54) is 5.56 Å². The molecule has 0 bridgehead atoms. The second kappa shape index (κ2) is 8.86. The zero-order chi connectivity index (χ0) is 18.4. The Bertz CT molecular complexity index is 703. The summed E-state index contributed by atoms with van der Waals surface area (Å²) in [4.78, 5) is 12.4. The maximum Gasteiger partial charge on any atom is 0.255 e. The molecular formula is C22H27NO3. The highest BCUT2D eigenvalue weighted by atomic mass is 16.5. The van der Waals surface area contributed by atoms with Gasteiger partial charge in [-0.25, -0.2) is 0 Å². The van der Waals surface area contributed by atoms with Gasteiger partial charge in [0.15, 0.2) is 0 Å². The molecule has 2 aromatic rings. The lowest BCUT2D eigenvalue weighted by atomic mass is 9.98. The highest BCUT2D eigenvalue weighted by Crippen LogP contribution is 2.21. The van der Waals surface area contributed by atoms with Crippen molar-refractivity contribution in [3.63, 3.8) is 0 Å². The van der Waals surface area contributed by atoms with Crippen molar-refractivity contribution >= 4 is 11.6 Å². The summed E-state index contributed by atoms with van der Waals surface area (Å²) in [6.45, 7) is 5.77. The van der Waals surface area contributed by atoms with Crippen LogP contribution in [0.25, 0.3) is 0 Å². The Hall–Kier alpha value is -2.33. The van der Waals surface area contributed by atoms with E-state index >= 15 is 0 Å². The van der Waals surface area contributed by atoms with E-state index in [1.54, 1.807) is 12.1 Å². The molecule has 4 nitrogen and oxygen atoms in total. The molecule has 0 saturated carbocycles. The van der Waals surface area contributed by atoms with E-state index in [9.17, 15) is 4.79 Å². The minimum Gasteiger partial charge on any atom is -0.491 e. The number of hydrogen-bond acceptors (Lipinski definition) is 3. The van der Waals surface area contributed by atoms with Crippen molar-refractivity contribution in [1.82, 2.24) is 0 Å². The number of anilines is 1. The molecule has 1 aliphatic rings. The van der Waals surface area contributed by atoms with E-state index in [0.717, 1.165) is 37.3 Å². The first-order valence-corrected chi connectivity index (χ1v) is 9.41. The van der Waals surface area contributed by atoms with Gasteiger partial charge in [-0.3, -0.25) is 4.79 Å². The number of hydrogen-bond donors (Lipinski definition) is 1. The van der Waals surface area contributed by atoms with Crippen LogP contribution in [0.1, 0.15) is 54.9 Å². The van der Waals surface area contributed by atoms with E-state index in [0.29, 0.717) is 18.1 Å². The van der Waals surface area contributed by atoms with Gasteiger partial charge in [-0.05, 0) is 67.1 Å². The number of amides is 1. The van der Waals surface area contributed by atoms with Crippen molar-refractivity contribution in [2.45, 2.75) is 45.1 Å². The Kier molecular flexibility index (Phi) is 6.29. The number of rotatable bonds is 7. The summed E-state index contributed by atoms with van der Waals surface area (Å²) < 4.78 is 11.3. The molecule has 0 aromatic heterocycles. The molecule has 2 aromatic carbocycles. The van der Waals surface area contributed by atoms with Crippen LogP contribution in [0.4, 0.5) is 5.69 Å². The largest absolute Gasteiger partial charge is 0.491 e. The predicted octanol–water partition coefficient (Wildman–Crippen LogP) is 5.01. The molecule has 2 atom stereocenters. The van der Waals surface area contributed by atoms with Gasteiger partial charge in [0.05, 0.1) is 6.10 Å². The molecule has 1 saturated heterocycles. The fourth-order valence-corrected chi connectivity index (χ4v) is 3.00. The molecule has 1 aliphatic heterocycles. The number of nitrogens with one attached hydrogen (secondary N) is 1. The summed E-state index contributed by atoms with van der Waals surface area (Å²) in [5, 5.41) is 2.94. The van der Waals surface area contributed by atoms with Gasteiger partial charge in [-0.1, -0.05) is 26.0 Å². The van der Waals surface area contributed by atoms with Crippen LogP contribution in [0.3, 0.4) is 0 Å². The number of carbonyl (C=O) groups is 1. The number of benzene rings is 2. The number of ether oxygens (including phenoxy) is 2. The molecule has 3 rings (SSSR count). The first-order chi connectivity index (χ1) is 12.7. The average molecular weight is 353 g/mol. The van der Waals surface area contributed by atoms with Crippen LogP contribution in [0, 0.1) is 0 Å². The molecular weight excluding hydrogens is 326 g/mol. The topological polar surface area (TPSA) is 47.6 Å². The van der Waals surface area contributed by atoms with Crippen molar-refractivity contribution in [3.8, 4) is 5.75 Å². The van der Waals surface area contributed by atoms with Gasteiger partial charge in [0, 0.05) is 17.9 Å². The predicted molar refractivity (Wildman–Crippen MR) is 104 cm³/mol. The summed E-state index contributed by atoms with van der Waals surface area (Å²) in [7, 11) is 0. The molecule has 1 fully saturated rings. The van der Waals surface area contributed by atoms with Gasteiger partial charge in [0.25, 0.3) is 5.91 Å². The normalized spacial score (nSPS) is 17.7. The SMILES string of the molecule is CCC(C)c1ccc(NC(=O)c2ccc(OCC3CCCO3)cc2)cc1. The van der Waals surface area contributed by atoms with Crippen molar-refractivity contribution in [3.05, 3.63) is 59.7 Å². The summed E-state index contributed by atoms with van der Waals surface area (Å²) >= 11 is 0. The lowest BCUT2D eigenvalue weighted by Gasteiger charge is -2.12. The lowest BCUT2D eigenvalue weighted by Crippen LogP contribution is -2.16. The van der Waals surface area contributed by atoms with Crippen molar-refractivity contribution < 1.29 is 14.3 Å². The third kappa shape index (κ3) is 4.85. The van der Waals surface area contributed by atoms with Crippen LogP contribution in [-0.4, -0.2) is 25.2 Å². The second-order valence-corrected chi connectivity index (χ2v) is 6.86. The highest BCUT2D eigenvalue weighted by Gasteiger charge is 2.16. The molecule has 0 radical (unpaired) electrons. The van der Waals surface area contributed by atoms with Crippen LogP contribution in [0.2, 0.25) is 0 Å². The molecule has 0 aliphatic carbocycles. The first-order valence-electron chi connectivity index (χ1n) is 9.41. The zero-order valence-corrected chi connectivity index (χ0v) is 15.5. The average Bonchev–Trinajstić information content (AvgIpc) is 3.20. The maximum absolute atomic E-state index is 12.4. The number of carbonyl (C=O) groups excluding carboxylic acids is 1. The van der Waals surface area contributed by atoms with Gasteiger partial charge in [0.1, 0.15) is 12.4 Å². The van der Waals surface area contributed by atoms with Gasteiger partial charge >= 0.3 is 0 Å². The van der Waals surface area contributed by atoms with Gasteiger partial charge in [-0.2, -0.15) is 0 Å².